The van der Waals surface area contributed by atoms with Crippen molar-refractivity contribution in [2.45, 2.75) is 40.7 Å². The van der Waals surface area contributed by atoms with Crippen LogP contribution in [0.3, 0.4) is 0 Å². The molecular formula is C21H26N2O2. The van der Waals surface area contributed by atoms with Crippen LogP contribution in [0.2, 0.25) is 0 Å². The first-order valence-corrected chi connectivity index (χ1v) is 8.53. The molecule has 25 heavy (non-hydrogen) atoms. The van der Waals surface area contributed by atoms with E-state index >= 15 is 0 Å². The van der Waals surface area contributed by atoms with Crippen LogP contribution in [0.25, 0.3) is 0 Å². The predicted octanol–water partition coefficient (Wildman–Crippen LogP) is 3.99. The standard InChI is InChI=1S/C21H26N2O2/c1-15-6-5-7-19(12-15)14-23(18(4)24)11-10-21(25)22-20-9-8-16(2)17(3)13-20/h5-9,12-13H,10-11,14H2,1-4H3,(H,22,25). The number of amides is 2. The van der Waals surface area contributed by atoms with Crippen LogP contribution in [0, 0.1) is 20.8 Å². The van der Waals surface area contributed by atoms with Crippen LogP contribution in [0.15, 0.2) is 42.5 Å². The molecule has 0 heterocycles. The van der Waals surface area contributed by atoms with Gasteiger partial charge in [0.05, 0.1) is 0 Å². The molecule has 0 saturated carbocycles. The molecule has 0 aliphatic rings. The number of anilines is 1. The smallest absolute Gasteiger partial charge is 0.226 e. The molecular weight excluding hydrogens is 312 g/mol. The molecule has 0 bridgehead atoms. The summed E-state index contributed by atoms with van der Waals surface area (Å²) in [6, 6.07) is 13.9. The Morgan fingerprint density at radius 3 is 2.40 bits per heavy atom. The second-order valence-corrected chi connectivity index (χ2v) is 6.53. The van der Waals surface area contributed by atoms with Gasteiger partial charge in [-0.05, 0) is 49.6 Å². The van der Waals surface area contributed by atoms with Gasteiger partial charge >= 0.3 is 0 Å². The summed E-state index contributed by atoms with van der Waals surface area (Å²) in [5, 5.41) is 2.90. The van der Waals surface area contributed by atoms with Gasteiger partial charge in [-0.25, -0.2) is 0 Å². The van der Waals surface area contributed by atoms with Crippen LogP contribution in [-0.2, 0) is 16.1 Å². The third-order valence-electron chi connectivity index (χ3n) is 4.30. The van der Waals surface area contributed by atoms with Gasteiger partial charge in [-0.1, -0.05) is 35.9 Å². The Hall–Kier alpha value is -2.62. The third-order valence-corrected chi connectivity index (χ3v) is 4.30. The predicted molar refractivity (Wildman–Crippen MR) is 101 cm³/mol. The molecule has 0 aliphatic carbocycles. The van der Waals surface area contributed by atoms with Crippen LogP contribution in [-0.4, -0.2) is 23.3 Å². The maximum atomic E-state index is 12.2. The Balaban J connectivity index is 1.92. The number of aryl methyl sites for hydroxylation is 3. The van der Waals surface area contributed by atoms with Crippen LogP contribution in [0.5, 0.6) is 0 Å². The van der Waals surface area contributed by atoms with Gasteiger partial charge in [0.25, 0.3) is 0 Å². The maximum absolute atomic E-state index is 12.2. The first-order chi connectivity index (χ1) is 11.8. The summed E-state index contributed by atoms with van der Waals surface area (Å²) in [6.45, 7) is 8.55. The highest BCUT2D eigenvalue weighted by Gasteiger charge is 2.12. The van der Waals surface area contributed by atoms with E-state index in [4.69, 9.17) is 0 Å². The van der Waals surface area contributed by atoms with Crippen LogP contribution < -0.4 is 5.32 Å². The van der Waals surface area contributed by atoms with Gasteiger partial charge in [-0.15, -0.1) is 0 Å². The number of nitrogens with zero attached hydrogens (tertiary/aromatic N) is 1. The molecule has 0 radical (unpaired) electrons. The minimum absolute atomic E-state index is 0.0273. The summed E-state index contributed by atoms with van der Waals surface area (Å²) in [5.41, 5.74) is 5.36. The number of hydrogen-bond donors (Lipinski definition) is 1. The van der Waals surface area contributed by atoms with Crippen molar-refractivity contribution in [1.82, 2.24) is 4.90 Å². The second-order valence-electron chi connectivity index (χ2n) is 6.53. The number of carbonyl (C=O) groups excluding carboxylic acids is 2. The molecule has 1 N–H and O–H groups in total. The highest BCUT2D eigenvalue weighted by atomic mass is 16.2. The first kappa shape index (κ1) is 18.7. The Kier molecular flexibility index (Phi) is 6.34. The van der Waals surface area contributed by atoms with Gasteiger partial charge < -0.3 is 10.2 Å². The molecule has 0 aromatic heterocycles. The largest absolute Gasteiger partial charge is 0.338 e. The highest BCUT2D eigenvalue weighted by Crippen LogP contribution is 2.14. The van der Waals surface area contributed by atoms with E-state index in [1.165, 1.54) is 12.5 Å². The zero-order chi connectivity index (χ0) is 18.4. The van der Waals surface area contributed by atoms with Crippen molar-refractivity contribution in [3.63, 3.8) is 0 Å². The summed E-state index contributed by atoms with van der Waals surface area (Å²) in [7, 11) is 0. The van der Waals surface area contributed by atoms with Crippen molar-refractivity contribution in [3.05, 3.63) is 64.7 Å². The molecule has 132 valence electrons. The van der Waals surface area contributed by atoms with Gasteiger partial charge in [0.2, 0.25) is 11.8 Å². The fourth-order valence-corrected chi connectivity index (χ4v) is 2.66. The lowest BCUT2D eigenvalue weighted by Crippen LogP contribution is -2.31. The van der Waals surface area contributed by atoms with Crippen molar-refractivity contribution < 1.29 is 9.59 Å². The van der Waals surface area contributed by atoms with E-state index in [2.05, 4.69) is 11.4 Å². The third kappa shape index (κ3) is 5.75. The molecule has 0 spiro atoms. The van der Waals surface area contributed by atoms with E-state index in [1.54, 1.807) is 4.90 Å². The monoisotopic (exact) mass is 338 g/mol. The van der Waals surface area contributed by atoms with Crippen LogP contribution in [0.4, 0.5) is 5.69 Å². The lowest BCUT2D eigenvalue weighted by molar-refractivity contribution is -0.129. The number of hydrogen-bond acceptors (Lipinski definition) is 2. The van der Waals surface area contributed by atoms with Gasteiger partial charge in [0, 0.05) is 32.1 Å². The average Bonchev–Trinajstić information content (AvgIpc) is 2.54. The fraction of sp³-hybridized carbons (Fsp3) is 0.333. The summed E-state index contributed by atoms with van der Waals surface area (Å²) in [4.78, 5) is 25.8. The van der Waals surface area contributed by atoms with E-state index < -0.39 is 0 Å². The Morgan fingerprint density at radius 1 is 1.00 bits per heavy atom. The number of benzene rings is 2. The summed E-state index contributed by atoms with van der Waals surface area (Å²) in [5.74, 6) is -0.112. The molecule has 0 unspecified atom stereocenters. The first-order valence-electron chi connectivity index (χ1n) is 8.53. The summed E-state index contributed by atoms with van der Waals surface area (Å²) in [6.07, 6.45) is 0.276. The molecule has 4 nitrogen and oxygen atoms in total. The molecule has 2 rings (SSSR count). The molecule has 4 heteroatoms. The van der Waals surface area contributed by atoms with Gasteiger partial charge in [0.15, 0.2) is 0 Å². The van der Waals surface area contributed by atoms with Crippen LogP contribution in [0.1, 0.15) is 35.6 Å². The molecule has 0 fully saturated rings. The normalized spacial score (nSPS) is 10.4. The minimum atomic E-state index is -0.0845. The fourth-order valence-electron chi connectivity index (χ4n) is 2.66. The van der Waals surface area contributed by atoms with E-state index in [0.29, 0.717) is 13.1 Å². The Morgan fingerprint density at radius 2 is 1.76 bits per heavy atom. The zero-order valence-corrected chi connectivity index (χ0v) is 15.4. The quantitative estimate of drug-likeness (QED) is 0.866. The van der Waals surface area contributed by atoms with Gasteiger partial charge in [-0.2, -0.15) is 0 Å². The van der Waals surface area contributed by atoms with Crippen LogP contribution >= 0.6 is 0 Å². The minimum Gasteiger partial charge on any atom is -0.338 e. The average molecular weight is 338 g/mol. The molecule has 0 atom stereocenters. The topological polar surface area (TPSA) is 49.4 Å². The zero-order valence-electron chi connectivity index (χ0n) is 15.4. The van der Waals surface area contributed by atoms with Crippen molar-refractivity contribution in [1.29, 1.82) is 0 Å². The van der Waals surface area contributed by atoms with E-state index in [-0.39, 0.29) is 18.2 Å². The maximum Gasteiger partial charge on any atom is 0.226 e. The van der Waals surface area contributed by atoms with Crippen molar-refractivity contribution in [2.75, 3.05) is 11.9 Å². The van der Waals surface area contributed by atoms with E-state index in [1.807, 2.05) is 57.2 Å². The SMILES string of the molecule is CC(=O)N(CCC(=O)Nc1ccc(C)c(C)c1)Cc1cccc(C)c1. The van der Waals surface area contributed by atoms with Crippen molar-refractivity contribution in [2.24, 2.45) is 0 Å². The Labute approximate surface area is 149 Å². The number of rotatable bonds is 6. The number of carbonyl (C=O) groups is 2. The highest BCUT2D eigenvalue weighted by molar-refractivity contribution is 5.91. The van der Waals surface area contributed by atoms with Crippen molar-refractivity contribution >= 4 is 17.5 Å². The van der Waals surface area contributed by atoms with Gasteiger partial charge in [0.1, 0.15) is 0 Å². The molecule has 2 aromatic rings. The second kappa shape index (κ2) is 8.47. The van der Waals surface area contributed by atoms with Gasteiger partial charge in [-0.3, -0.25) is 9.59 Å². The lowest BCUT2D eigenvalue weighted by Gasteiger charge is -2.21. The summed E-state index contributed by atoms with van der Waals surface area (Å²) < 4.78 is 0. The Bertz CT molecular complexity index is 768. The molecule has 2 aromatic carbocycles. The van der Waals surface area contributed by atoms with Crippen molar-refractivity contribution in [3.8, 4) is 0 Å². The summed E-state index contributed by atoms with van der Waals surface area (Å²) >= 11 is 0. The van der Waals surface area contributed by atoms with E-state index in [0.717, 1.165) is 22.4 Å². The molecule has 0 aliphatic heterocycles. The molecule has 0 saturated heterocycles. The number of nitrogens with one attached hydrogen (secondary N) is 1. The lowest BCUT2D eigenvalue weighted by atomic mass is 10.1. The van der Waals surface area contributed by atoms with E-state index in [9.17, 15) is 9.59 Å². The molecule has 2 amide bonds.